The topological polar surface area (TPSA) is 119 Å². The van der Waals surface area contributed by atoms with E-state index < -0.39 is 17.9 Å². The van der Waals surface area contributed by atoms with E-state index in [1.165, 1.54) is 12.0 Å². The SMILES string of the molecule is COc1cccc(N(CC(N)=O)CC(N)=O)c1[C@@H](C)O. The fourth-order valence-electron chi connectivity index (χ4n) is 2.01. The van der Waals surface area contributed by atoms with Crippen molar-refractivity contribution < 1.29 is 19.4 Å². The Kier molecular flexibility index (Phi) is 5.33. The Morgan fingerprint density at radius 2 is 1.85 bits per heavy atom. The minimum atomic E-state index is -0.843. The average molecular weight is 281 g/mol. The molecule has 1 rings (SSSR count). The number of hydrogen-bond acceptors (Lipinski definition) is 5. The summed E-state index contributed by atoms with van der Waals surface area (Å²) in [6.07, 6.45) is -0.843. The molecule has 7 heteroatoms. The first-order chi connectivity index (χ1) is 9.36. The molecule has 1 aromatic rings. The lowest BCUT2D eigenvalue weighted by molar-refractivity contribution is -0.117. The van der Waals surface area contributed by atoms with Crippen molar-refractivity contribution in [3.63, 3.8) is 0 Å². The van der Waals surface area contributed by atoms with Gasteiger partial charge in [-0.2, -0.15) is 0 Å². The van der Waals surface area contributed by atoms with E-state index in [4.69, 9.17) is 16.2 Å². The maximum absolute atomic E-state index is 11.1. The summed E-state index contributed by atoms with van der Waals surface area (Å²) in [5.74, 6) is -0.757. The van der Waals surface area contributed by atoms with Crippen molar-refractivity contribution in [3.05, 3.63) is 23.8 Å². The fourth-order valence-corrected chi connectivity index (χ4v) is 2.01. The smallest absolute Gasteiger partial charge is 0.236 e. The van der Waals surface area contributed by atoms with Gasteiger partial charge in [0.2, 0.25) is 11.8 Å². The summed E-state index contributed by atoms with van der Waals surface area (Å²) < 4.78 is 5.19. The van der Waals surface area contributed by atoms with E-state index in [0.717, 1.165) is 0 Å². The molecule has 0 radical (unpaired) electrons. The summed E-state index contributed by atoms with van der Waals surface area (Å²) in [5, 5.41) is 9.89. The molecule has 1 atom stereocenters. The van der Waals surface area contributed by atoms with Crippen LogP contribution in [0.4, 0.5) is 5.69 Å². The van der Waals surface area contributed by atoms with Crippen LogP contribution in [-0.2, 0) is 9.59 Å². The van der Waals surface area contributed by atoms with Crippen LogP contribution in [0.25, 0.3) is 0 Å². The Hall–Kier alpha value is -2.28. The number of anilines is 1. The number of aliphatic hydroxyl groups is 1. The largest absolute Gasteiger partial charge is 0.496 e. The Labute approximate surface area is 117 Å². The molecular weight excluding hydrogens is 262 g/mol. The second-order valence-electron chi connectivity index (χ2n) is 4.36. The third-order valence-corrected chi connectivity index (χ3v) is 2.71. The van der Waals surface area contributed by atoms with Crippen LogP contribution in [0, 0.1) is 0 Å². The lowest BCUT2D eigenvalue weighted by Crippen LogP contribution is -2.40. The van der Waals surface area contributed by atoms with Crippen molar-refractivity contribution in [3.8, 4) is 5.75 Å². The molecule has 2 amide bonds. The van der Waals surface area contributed by atoms with Crippen LogP contribution >= 0.6 is 0 Å². The van der Waals surface area contributed by atoms with Gasteiger partial charge in [-0.1, -0.05) is 6.07 Å². The fraction of sp³-hybridized carbons (Fsp3) is 0.385. The molecule has 5 N–H and O–H groups in total. The van der Waals surface area contributed by atoms with Crippen LogP contribution in [0.1, 0.15) is 18.6 Å². The number of carbonyl (C=O) groups is 2. The Morgan fingerprint density at radius 1 is 1.30 bits per heavy atom. The van der Waals surface area contributed by atoms with Crippen molar-refractivity contribution in [2.24, 2.45) is 11.5 Å². The van der Waals surface area contributed by atoms with E-state index in [1.807, 2.05) is 0 Å². The maximum Gasteiger partial charge on any atom is 0.236 e. The predicted octanol–water partition coefficient (Wildman–Crippen LogP) is -0.474. The molecule has 0 bridgehead atoms. The van der Waals surface area contributed by atoms with Gasteiger partial charge in [0.1, 0.15) is 5.75 Å². The first-order valence-electron chi connectivity index (χ1n) is 6.03. The van der Waals surface area contributed by atoms with Gasteiger partial charge < -0.3 is 26.2 Å². The minimum absolute atomic E-state index is 0.185. The minimum Gasteiger partial charge on any atom is -0.496 e. The monoisotopic (exact) mass is 281 g/mol. The zero-order valence-corrected chi connectivity index (χ0v) is 11.5. The maximum atomic E-state index is 11.1. The number of rotatable bonds is 7. The molecule has 0 unspecified atom stereocenters. The number of nitrogens with zero attached hydrogens (tertiary/aromatic N) is 1. The van der Waals surface area contributed by atoms with Gasteiger partial charge in [-0.3, -0.25) is 9.59 Å². The second-order valence-corrected chi connectivity index (χ2v) is 4.36. The van der Waals surface area contributed by atoms with Crippen molar-refractivity contribution in [2.45, 2.75) is 13.0 Å². The normalized spacial score (nSPS) is 11.8. The lowest BCUT2D eigenvalue weighted by atomic mass is 10.1. The predicted molar refractivity (Wildman–Crippen MR) is 74.2 cm³/mol. The van der Waals surface area contributed by atoms with Gasteiger partial charge in [0.15, 0.2) is 0 Å². The van der Waals surface area contributed by atoms with Crippen LogP contribution < -0.4 is 21.1 Å². The molecule has 0 fully saturated rings. The van der Waals surface area contributed by atoms with E-state index in [-0.39, 0.29) is 13.1 Å². The van der Waals surface area contributed by atoms with E-state index >= 15 is 0 Å². The summed E-state index contributed by atoms with van der Waals surface area (Å²) in [5.41, 5.74) is 11.3. The highest BCUT2D eigenvalue weighted by molar-refractivity contribution is 5.85. The highest BCUT2D eigenvalue weighted by Gasteiger charge is 2.21. The number of methoxy groups -OCH3 is 1. The molecule has 7 nitrogen and oxygen atoms in total. The molecular formula is C13H19N3O4. The lowest BCUT2D eigenvalue weighted by Gasteiger charge is -2.26. The van der Waals surface area contributed by atoms with Gasteiger partial charge in [0, 0.05) is 11.3 Å². The highest BCUT2D eigenvalue weighted by atomic mass is 16.5. The number of benzene rings is 1. The average Bonchev–Trinajstić information content (AvgIpc) is 2.35. The molecule has 110 valence electrons. The third-order valence-electron chi connectivity index (χ3n) is 2.71. The van der Waals surface area contributed by atoms with Gasteiger partial charge in [-0.25, -0.2) is 0 Å². The van der Waals surface area contributed by atoms with Crippen molar-refractivity contribution >= 4 is 17.5 Å². The summed E-state index contributed by atoms with van der Waals surface area (Å²) in [7, 11) is 1.47. The number of primary amides is 2. The zero-order chi connectivity index (χ0) is 15.3. The zero-order valence-electron chi connectivity index (χ0n) is 11.5. The van der Waals surface area contributed by atoms with Crippen LogP contribution in [0.15, 0.2) is 18.2 Å². The number of amides is 2. The van der Waals surface area contributed by atoms with Gasteiger partial charge >= 0.3 is 0 Å². The molecule has 0 heterocycles. The van der Waals surface area contributed by atoms with Crippen molar-refractivity contribution in [1.29, 1.82) is 0 Å². The number of aliphatic hydroxyl groups excluding tert-OH is 1. The van der Waals surface area contributed by atoms with E-state index in [2.05, 4.69) is 0 Å². The number of nitrogens with two attached hydrogens (primary N) is 2. The number of ether oxygens (including phenoxy) is 1. The molecule has 0 aliphatic rings. The quantitative estimate of drug-likeness (QED) is 0.624. The number of carbonyl (C=O) groups excluding carboxylic acids is 2. The Balaban J connectivity index is 3.30. The summed E-state index contributed by atoms with van der Waals surface area (Å²) >= 11 is 0. The van der Waals surface area contributed by atoms with Gasteiger partial charge in [-0.15, -0.1) is 0 Å². The summed E-state index contributed by atoms with van der Waals surface area (Å²) in [4.78, 5) is 23.7. The van der Waals surface area contributed by atoms with Crippen LogP contribution in [0.5, 0.6) is 5.75 Å². The Morgan fingerprint density at radius 3 is 2.25 bits per heavy atom. The molecule has 0 aromatic heterocycles. The first-order valence-corrected chi connectivity index (χ1v) is 6.03. The highest BCUT2D eigenvalue weighted by Crippen LogP contribution is 2.34. The number of hydrogen-bond donors (Lipinski definition) is 3. The van der Waals surface area contributed by atoms with Gasteiger partial charge in [-0.05, 0) is 19.1 Å². The van der Waals surface area contributed by atoms with Gasteiger partial charge in [0.05, 0.1) is 26.3 Å². The molecule has 0 spiro atoms. The Bertz CT molecular complexity index is 486. The second kappa shape index (κ2) is 6.76. The summed E-state index contributed by atoms with van der Waals surface area (Å²) in [6.45, 7) is 1.19. The molecule has 0 aliphatic heterocycles. The van der Waals surface area contributed by atoms with E-state index in [0.29, 0.717) is 17.0 Å². The molecule has 0 aliphatic carbocycles. The van der Waals surface area contributed by atoms with Crippen LogP contribution in [0.2, 0.25) is 0 Å². The molecule has 0 saturated heterocycles. The molecule has 20 heavy (non-hydrogen) atoms. The first kappa shape index (κ1) is 15.8. The third kappa shape index (κ3) is 3.86. The van der Waals surface area contributed by atoms with Crippen LogP contribution in [-0.4, -0.2) is 37.1 Å². The van der Waals surface area contributed by atoms with Gasteiger partial charge in [0.25, 0.3) is 0 Å². The van der Waals surface area contributed by atoms with E-state index in [9.17, 15) is 14.7 Å². The molecule has 0 saturated carbocycles. The van der Waals surface area contributed by atoms with Crippen molar-refractivity contribution in [1.82, 2.24) is 0 Å². The van der Waals surface area contributed by atoms with Crippen LogP contribution in [0.3, 0.4) is 0 Å². The van der Waals surface area contributed by atoms with E-state index in [1.54, 1.807) is 25.1 Å². The summed E-state index contributed by atoms with van der Waals surface area (Å²) in [6, 6.07) is 5.03. The van der Waals surface area contributed by atoms with Crippen molar-refractivity contribution in [2.75, 3.05) is 25.1 Å². The molecule has 1 aromatic carbocycles. The standard InChI is InChI=1S/C13H19N3O4/c1-8(17)13-9(4-3-5-10(13)20-2)16(6-11(14)18)7-12(15)19/h3-5,8,17H,6-7H2,1-2H3,(H2,14,18)(H2,15,19)/t8-/m1/s1.